The zero-order valence-electron chi connectivity index (χ0n) is 11.5. The Balaban J connectivity index is 2.50. The van der Waals surface area contributed by atoms with Crippen LogP contribution in [0.25, 0.3) is 0 Å². The van der Waals surface area contributed by atoms with Gasteiger partial charge in [-0.1, -0.05) is 18.3 Å². The number of halogens is 1. The molecule has 0 amide bonds. The summed E-state index contributed by atoms with van der Waals surface area (Å²) >= 11 is 4.79. The molecule has 3 nitrogen and oxygen atoms in total. The zero-order chi connectivity index (χ0) is 14.5. The Hall–Kier alpha value is -1.04. The van der Waals surface area contributed by atoms with Crippen LogP contribution < -0.4 is 5.73 Å². The minimum absolute atomic E-state index is 0.0554. The second-order valence-corrected chi connectivity index (χ2v) is 5.38. The lowest BCUT2D eigenvalue weighted by Crippen LogP contribution is -2.24. The summed E-state index contributed by atoms with van der Waals surface area (Å²) in [6.45, 7) is 4.97. The summed E-state index contributed by atoms with van der Waals surface area (Å²) in [5.41, 5.74) is 6.35. The van der Waals surface area contributed by atoms with Crippen molar-refractivity contribution in [1.82, 2.24) is 0 Å². The van der Waals surface area contributed by atoms with Gasteiger partial charge in [0.2, 0.25) is 0 Å². The van der Waals surface area contributed by atoms with Gasteiger partial charge in [-0.05, 0) is 38.0 Å². The highest BCUT2D eigenvalue weighted by Crippen LogP contribution is 2.14. The van der Waals surface area contributed by atoms with E-state index in [0.717, 1.165) is 12.0 Å². The number of thiocarbonyl (C=S) groups is 1. The number of hydrogen-bond acceptors (Lipinski definition) is 3. The molecule has 5 heteroatoms. The fourth-order valence-corrected chi connectivity index (χ4v) is 1.62. The summed E-state index contributed by atoms with van der Waals surface area (Å²) in [6.07, 6.45) is 0.785. The maximum atomic E-state index is 13.4. The summed E-state index contributed by atoms with van der Waals surface area (Å²) in [5.74, 6) is -0.406. The molecule has 0 heterocycles. The number of benzene rings is 1. The Morgan fingerprint density at radius 2 is 2.11 bits per heavy atom. The third-order valence-electron chi connectivity index (χ3n) is 2.97. The summed E-state index contributed by atoms with van der Waals surface area (Å²) in [4.78, 5) is 0.0554. The Morgan fingerprint density at radius 3 is 2.68 bits per heavy atom. The molecule has 0 atom stereocenters. The normalized spacial score (nSPS) is 11.6. The highest BCUT2D eigenvalue weighted by Gasteiger charge is 2.15. The quantitative estimate of drug-likeness (QED) is 0.618. The van der Waals surface area contributed by atoms with Crippen molar-refractivity contribution < 1.29 is 13.9 Å². The average Bonchev–Trinajstić information content (AvgIpc) is 2.36. The van der Waals surface area contributed by atoms with E-state index in [1.807, 2.05) is 13.8 Å². The van der Waals surface area contributed by atoms with Gasteiger partial charge in [-0.15, -0.1) is 0 Å². The molecule has 0 saturated carbocycles. The van der Waals surface area contributed by atoms with Gasteiger partial charge < -0.3 is 15.2 Å². The van der Waals surface area contributed by atoms with E-state index >= 15 is 0 Å². The maximum absolute atomic E-state index is 13.4. The molecule has 0 aromatic heterocycles. The molecule has 0 aliphatic heterocycles. The number of ether oxygens (including phenoxy) is 2. The molecular formula is C14H20FNO2S. The van der Waals surface area contributed by atoms with Gasteiger partial charge >= 0.3 is 0 Å². The molecular weight excluding hydrogens is 265 g/mol. The topological polar surface area (TPSA) is 44.5 Å². The smallest absolute Gasteiger partial charge is 0.133 e. The Kier molecular flexibility index (Phi) is 5.85. The van der Waals surface area contributed by atoms with Gasteiger partial charge in [0, 0.05) is 19.3 Å². The first-order valence-electron chi connectivity index (χ1n) is 6.07. The molecule has 0 saturated heterocycles. The molecule has 1 aromatic rings. The lowest BCUT2D eigenvalue weighted by molar-refractivity contribution is -0.0124. The summed E-state index contributed by atoms with van der Waals surface area (Å²) < 4.78 is 24.2. The largest absolute Gasteiger partial charge is 0.389 e. The van der Waals surface area contributed by atoms with Crippen LogP contribution in [0.3, 0.4) is 0 Å². The molecule has 0 spiro atoms. The van der Waals surface area contributed by atoms with E-state index in [2.05, 4.69) is 0 Å². The summed E-state index contributed by atoms with van der Waals surface area (Å²) in [5, 5.41) is 0. The van der Waals surface area contributed by atoms with Crippen molar-refractivity contribution in [3.8, 4) is 0 Å². The van der Waals surface area contributed by atoms with Crippen molar-refractivity contribution in [2.75, 3.05) is 13.7 Å². The molecule has 106 valence electrons. The van der Waals surface area contributed by atoms with Crippen molar-refractivity contribution in [2.24, 2.45) is 5.73 Å². The first-order chi connectivity index (χ1) is 8.85. The molecule has 0 radical (unpaired) electrons. The predicted octanol–water partition coefficient (Wildman–Crippen LogP) is 2.79. The molecule has 19 heavy (non-hydrogen) atoms. The second-order valence-electron chi connectivity index (χ2n) is 4.94. The highest BCUT2D eigenvalue weighted by atomic mass is 32.1. The third kappa shape index (κ3) is 5.22. The first kappa shape index (κ1) is 16.0. The summed E-state index contributed by atoms with van der Waals surface area (Å²) in [6, 6.07) is 4.64. The monoisotopic (exact) mass is 285 g/mol. The standard InChI is InChI=1S/C14H20FNO2S/c1-14(2,17-3)6-7-18-9-10-4-5-12(15)11(8-10)13(16)19/h4-5,8H,6-7,9H2,1-3H3,(H2,16,19). The van der Waals surface area contributed by atoms with Crippen LogP contribution in [0.4, 0.5) is 4.39 Å². The fourth-order valence-electron chi connectivity index (χ4n) is 1.46. The van der Waals surface area contributed by atoms with Crippen LogP contribution in [0.5, 0.6) is 0 Å². The molecule has 1 aromatic carbocycles. The van der Waals surface area contributed by atoms with Crippen LogP contribution >= 0.6 is 12.2 Å². The van der Waals surface area contributed by atoms with Gasteiger partial charge in [0.25, 0.3) is 0 Å². The Bertz CT molecular complexity index is 449. The van der Waals surface area contributed by atoms with E-state index in [9.17, 15) is 4.39 Å². The van der Waals surface area contributed by atoms with E-state index < -0.39 is 5.82 Å². The van der Waals surface area contributed by atoms with Crippen LogP contribution in [0.1, 0.15) is 31.4 Å². The van der Waals surface area contributed by atoms with Crippen LogP contribution in [-0.2, 0) is 16.1 Å². The molecule has 2 N–H and O–H groups in total. The third-order valence-corrected chi connectivity index (χ3v) is 3.19. The molecule has 0 fully saturated rings. The molecule has 0 aliphatic carbocycles. The van der Waals surface area contributed by atoms with Crippen molar-refractivity contribution in [3.05, 3.63) is 35.1 Å². The van der Waals surface area contributed by atoms with E-state index in [4.69, 9.17) is 27.4 Å². The van der Waals surface area contributed by atoms with E-state index in [1.54, 1.807) is 19.2 Å². The Labute approximate surface area is 118 Å². The van der Waals surface area contributed by atoms with E-state index in [1.165, 1.54) is 6.07 Å². The highest BCUT2D eigenvalue weighted by molar-refractivity contribution is 7.80. The van der Waals surface area contributed by atoms with Crippen LogP contribution in [0, 0.1) is 5.82 Å². The van der Waals surface area contributed by atoms with Crippen molar-refractivity contribution in [1.29, 1.82) is 0 Å². The fraction of sp³-hybridized carbons (Fsp3) is 0.500. The molecule has 0 unspecified atom stereocenters. The molecule has 1 rings (SSSR count). The van der Waals surface area contributed by atoms with Crippen molar-refractivity contribution >= 4 is 17.2 Å². The SMILES string of the molecule is COC(C)(C)CCOCc1ccc(F)c(C(N)=S)c1. The predicted molar refractivity (Wildman–Crippen MR) is 77.6 cm³/mol. The lowest BCUT2D eigenvalue weighted by Gasteiger charge is -2.22. The first-order valence-corrected chi connectivity index (χ1v) is 6.47. The number of methoxy groups -OCH3 is 1. The van der Waals surface area contributed by atoms with Gasteiger partial charge in [0.15, 0.2) is 0 Å². The van der Waals surface area contributed by atoms with Gasteiger partial charge in [0.1, 0.15) is 10.8 Å². The van der Waals surface area contributed by atoms with Gasteiger partial charge in [-0.25, -0.2) is 4.39 Å². The van der Waals surface area contributed by atoms with Crippen molar-refractivity contribution in [3.63, 3.8) is 0 Å². The van der Waals surface area contributed by atoms with E-state index in [-0.39, 0.29) is 16.2 Å². The number of hydrogen-bond donors (Lipinski definition) is 1. The number of rotatable bonds is 7. The maximum Gasteiger partial charge on any atom is 0.133 e. The Morgan fingerprint density at radius 1 is 1.42 bits per heavy atom. The van der Waals surface area contributed by atoms with Crippen molar-refractivity contribution in [2.45, 2.75) is 32.5 Å². The van der Waals surface area contributed by atoms with E-state index in [0.29, 0.717) is 13.2 Å². The van der Waals surface area contributed by atoms with Gasteiger partial charge in [-0.3, -0.25) is 0 Å². The average molecular weight is 285 g/mol. The second kappa shape index (κ2) is 6.93. The zero-order valence-corrected chi connectivity index (χ0v) is 12.3. The van der Waals surface area contributed by atoms with Crippen LogP contribution in [-0.4, -0.2) is 24.3 Å². The van der Waals surface area contributed by atoms with Gasteiger partial charge in [-0.2, -0.15) is 0 Å². The van der Waals surface area contributed by atoms with Gasteiger partial charge in [0.05, 0.1) is 12.2 Å². The minimum Gasteiger partial charge on any atom is -0.389 e. The molecule has 0 bridgehead atoms. The number of nitrogens with two attached hydrogens (primary N) is 1. The summed E-state index contributed by atoms with van der Waals surface area (Å²) in [7, 11) is 1.68. The van der Waals surface area contributed by atoms with Crippen LogP contribution in [0.2, 0.25) is 0 Å². The minimum atomic E-state index is -0.406. The van der Waals surface area contributed by atoms with Crippen LogP contribution in [0.15, 0.2) is 18.2 Å². The lowest BCUT2D eigenvalue weighted by atomic mass is 10.1. The molecule has 0 aliphatic rings.